The number of nitrogens with zero attached hydrogens (tertiary/aromatic N) is 1. The molecule has 25 heavy (non-hydrogen) atoms. The van der Waals surface area contributed by atoms with Gasteiger partial charge in [0.25, 0.3) is 0 Å². The zero-order valence-corrected chi connectivity index (χ0v) is 15.2. The van der Waals surface area contributed by atoms with Crippen LogP contribution in [0.2, 0.25) is 10.0 Å². The SMILES string of the molecule is CCCCc1ccc2nc(-c3ccc(Cl)c(Cl)c3)cc(C(=O)O)c2c1. The van der Waals surface area contributed by atoms with E-state index in [0.717, 1.165) is 30.4 Å². The average Bonchev–Trinajstić information content (AvgIpc) is 2.61. The first-order valence-corrected chi connectivity index (χ1v) is 8.87. The molecule has 0 aliphatic rings. The predicted octanol–water partition coefficient (Wildman–Crippen LogP) is 6.25. The molecule has 3 rings (SSSR count). The van der Waals surface area contributed by atoms with Crippen LogP contribution in [-0.2, 0) is 6.42 Å². The van der Waals surface area contributed by atoms with Gasteiger partial charge in [-0.05, 0) is 48.7 Å². The summed E-state index contributed by atoms with van der Waals surface area (Å²) in [7, 11) is 0. The molecule has 0 saturated heterocycles. The molecule has 0 aliphatic carbocycles. The summed E-state index contributed by atoms with van der Waals surface area (Å²) >= 11 is 12.0. The van der Waals surface area contributed by atoms with Crippen LogP contribution in [0, 0.1) is 0 Å². The van der Waals surface area contributed by atoms with Crippen molar-refractivity contribution in [1.82, 2.24) is 4.98 Å². The molecule has 128 valence electrons. The number of hydrogen-bond acceptors (Lipinski definition) is 2. The third-order valence-corrected chi connectivity index (χ3v) is 4.88. The molecular formula is C20H17Cl2NO2. The summed E-state index contributed by atoms with van der Waals surface area (Å²) in [5.41, 5.74) is 3.31. The van der Waals surface area contributed by atoms with E-state index in [4.69, 9.17) is 23.2 Å². The molecule has 0 bridgehead atoms. The van der Waals surface area contributed by atoms with Gasteiger partial charge in [-0.25, -0.2) is 9.78 Å². The number of benzene rings is 2. The number of rotatable bonds is 5. The number of fused-ring (bicyclic) bond motifs is 1. The summed E-state index contributed by atoms with van der Waals surface area (Å²) in [6.07, 6.45) is 3.10. The maximum atomic E-state index is 11.8. The highest BCUT2D eigenvalue weighted by Gasteiger charge is 2.14. The van der Waals surface area contributed by atoms with E-state index in [2.05, 4.69) is 11.9 Å². The van der Waals surface area contributed by atoms with Gasteiger partial charge in [-0.15, -0.1) is 0 Å². The van der Waals surface area contributed by atoms with Crippen molar-refractivity contribution in [3.8, 4) is 11.3 Å². The van der Waals surface area contributed by atoms with Gasteiger partial charge in [0.1, 0.15) is 0 Å². The maximum Gasteiger partial charge on any atom is 0.336 e. The number of aryl methyl sites for hydroxylation is 1. The fraction of sp³-hybridized carbons (Fsp3) is 0.200. The van der Waals surface area contributed by atoms with Crippen LogP contribution in [0.5, 0.6) is 0 Å². The zero-order valence-electron chi connectivity index (χ0n) is 13.7. The lowest BCUT2D eigenvalue weighted by atomic mass is 10.0. The van der Waals surface area contributed by atoms with Crippen LogP contribution in [0.25, 0.3) is 22.2 Å². The molecule has 0 spiro atoms. The van der Waals surface area contributed by atoms with Gasteiger partial charge in [0.2, 0.25) is 0 Å². The number of hydrogen-bond donors (Lipinski definition) is 1. The quantitative estimate of drug-likeness (QED) is 0.574. The number of pyridine rings is 1. The van der Waals surface area contributed by atoms with Crippen LogP contribution in [0.15, 0.2) is 42.5 Å². The molecule has 0 aliphatic heterocycles. The van der Waals surface area contributed by atoms with Crippen LogP contribution >= 0.6 is 23.2 Å². The van der Waals surface area contributed by atoms with Crippen molar-refractivity contribution in [2.24, 2.45) is 0 Å². The van der Waals surface area contributed by atoms with Crippen molar-refractivity contribution < 1.29 is 9.90 Å². The number of unbranched alkanes of at least 4 members (excludes halogenated alkanes) is 1. The van der Waals surface area contributed by atoms with Gasteiger partial charge in [-0.3, -0.25) is 0 Å². The highest BCUT2D eigenvalue weighted by Crippen LogP contribution is 2.30. The average molecular weight is 374 g/mol. The molecule has 3 aromatic rings. The van der Waals surface area contributed by atoms with Gasteiger partial charge in [-0.2, -0.15) is 0 Å². The van der Waals surface area contributed by atoms with E-state index in [1.807, 2.05) is 18.2 Å². The smallest absolute Gasteiger partial charge is 0.336 e. The van der Waals surface area contributed by atoms with Gasteiger partial charge in [0.05, 0.1) is 26.8 Å². The Morgan fingerprint density at radius 2 is 1.88 bits per heavy atom. The predicted molar refractivity (Wildman–Crippen MR) is 103 cm³/mol. The lowest BCUT2D eigenvalue weighted by molar-refractivity contribution is 0.0699. The summed E-state index contributed by atoms with van der Waals surface area (Å²) < 4.78 is 0. The van der Waals surface area contributed by atoms with Gasteiger partial charge in [0.15, 0.2) is 0 Å². The Morgan fingerprint density at radius 3 is 2.56 bits per heavy atom. The fourth-order valence-corrected chi connectivity index (χ4v) is 3.09. The van der Waals surface area contributed by atoms with Gasteiger partial charge >= 0.3 is 5.97 Å². The highest BCUT2D eigenvalue weighted by atomic mass is 35.5. The van der Waals surface area contributed by atoms with Crippen molar-refractivity contribution in [1.29, 1.82) is 0 Å². The Hall–Kier alpha value is -2.10. The molecule has 3 nitrogen and oxygen atoms in total. The van der Waals surface area contributed by atoms with E-state index >= 15 is 0 Å². The molecule has 0 amide bonds. The molecule has 0 radical (unpaired) electrons. The van der Waals surface area contributed by atoms with Crippen molar-refractivity contribution in [2.75, 3.05) is 0 Å². The number of carboxylic acid groups (broad SMARTS) is 1. The van der Waals surface area contributed by atoms with Gasteiger partial charge < -0.3 is 5.11 Å². The standard InChI is InChI=1S/C20H17Cl2NO2/c1-2-3-4-12-5-8-18-14(9-12)15(20(24)25)11-19(23-18)13-6-7-16(21)17(22)10-13/h5-11H,2-4H2,1H3,(H,24,25). The summed E-state index contributed by atoms with van der Waals surface area (Å²) in [5, 5.41) is 11.2. The number of aromatic nitrogens is 1. The Labute approximate surface area is 156 Å². The molecule has 5 heteroatoms. The first-order valence-electron chi connectivity index (χ1n) is 8.12. The molecule has 1 N–H and O–H groups in total. The van der Waals surface area contributed by atoms with Crippen molar-refractivity contribution in [2.45, 2.75) is 26.2 Å². The summed E-state index contributed by atoms with van der Waals surface area (Å²) in [5.74, 6) is -0.971. The Bertz CT molecular complexity index is 954. The van der Waals surface area contributed by atoms with E-state index < -0.39 is 5.97 Å². The minimum Gasteiger partial charge on any atom is -0.478 e. The molecular weight excluding hydrogens is 357 g/mol. The Balaban J connectivity index is 2.16. The molecule has 0 saturated carbocycles. The fourth-order valence-electron chi connectivity index (χ4n) is 2.79. The first-order chi connectivity index (χ1) is 12.0. The van der Waals surface area contributed by atoms with Gasteiger partial charge in [0, 0.05) is 10.9 Å². The van der Waals surface area contributed by atoms with Gasteiger partial charge in [-0.1, -0.05) is 48.7 Å². The molecule has 0 unspecified atom stereocenters. The van der Waals surface area contributed by atoms with E-state index in [0.29, 0.717) is 26.6 Å². The molecule has 2 aromatic carbocycles. The van der Waals surface area contributed by atoms with E-state index in [-0.39, 0.29) is 5.56 Å². The zero-order chi connectivity index (χ0) is 18.0. The molecule has 1 heterocycles. The molecule has 1 aromatic heterocycles. The van der Waals surface area contributed by atoms with Crippen molar-refractivity contribution >= 4 is 40.1 Å². The second kappa shape index (κ2) is 7.42. The van der Waals surface area contributed by atoms with E-state index in [1.54, 1.807) is 24.3 Å². The Kier molecular flexibility index (Phi) is 5.26. The summed E-state index contributed by atoms with van der Waals surface area (Å²) in [6.45, 7) is 2.13. The third kappa shape index (κ3) is 3.78. The number of carboxylic acids is 1. The minimum absolute atomic E-state index is 0.240. The van der Waals surface area contributed by atoms with Crippen molar-refractivity contribution in [3.05, 3.63) is 63.6 Å². The second-order valence-electron chi connectivity index (χ2n) is 5.94. The monoisotopic (exact) mass is 373 g/mol. The second-order valence-corrected chi connectivity index (χ2v) is 6.76. The minimum atomic E-state index is -0.971. The maximum absolute atomic E-state index is 11.8. The van der Waals surface area contributed by atoms with Crippen LogP contribution in [0.1, 0.15) is 35.7 Å². The van der Waals surface area contributed by atoms with E-state index in [1.165, 1.54) is 0 Å². The van der Waals surface area contributed by atoms with Crippen LogP contribution in [-0.4, -0.2) is 16.1 Å². The lowest BCUT2D eigenvalue weighted by Gasteiger charge is -2.10. The van der Waals surface area contributed by atoms with Crippen LogP contribution < -0.4 is 0 Å². The normalized spacial score (nSPS) is 11.0. The topological polar surface area (TPSA) is 50.2 Å². The first kappa shape index (κ1) is 17.7. The highest BCUT2D eigenvalue weighted by molar-refractivity contribution is 6.42. The Morgan fingerprint density at radius 1 is 1.08 bits per heavy atom. The largest absolute Gasteiger partial charge is 0.478 e. The number of halogens is 2. The third-order valence-electron chi connectivity index (χ3n) is 4.14. The van der Waals surface area contributed by atoms with Crippen molar-refractivity contribution in [3.63, 3.8) is 0 Å². The molecule has 0 fully saturated rings. The van der Waals surface area contributed by atoms with Crippen LogP contribution in [0.4, 0.5) is 0 Å². The lowest BCUT2D eigenvalue weighted by Crippen LogP contribution is -2.01. The van der Waals surface area contributed by atoms with E-state index in [9.17, 15) is 9.90 Å². The number of aromatic carboxylic acids is 1. The van der Waals surface area contributed by atoms with Crippen LogP contribution in [0.3, 0.4) is 0 Å². The molecule has 0 atom stereocenters. The summed E-state index contributed by atoms with van der Waals surface area (Å²) in [6, 6.07) is 12.6. The summed E-state index contributed by atoms with van der Waals surface area (Å²) in [4.78, 5) is 16.4. The number of carbonyl (C=O) groups is 1.